The molecule has 4 nitrogen and oxygen atoms in total. The summed E-state index contributed by atoms with van der Waals surface area (Å²) in [5.41, 5.74) is 1.04. The SMILES string of the molecule is O=C(O)CNC(=O)CCc1ccccc1Br. The molecule has 0 saturated heterocycles. The molecule has 0 aliphatic carbocycles. The molecule has 5 heteroatoms. The minimum atomic E-state index is -1.03. The van der Waals surface area contributed by atoms with Crippen molar-refractivity contribution in [3.63, 3.8) is 0 Å². The molecule has 0 atom stereocenters. The van der Waals surface area contributed by atoms with Crippen LogP contribution in [0.1, 0.15) is 12.0 Å². The lowest BCUT2D eigenvalue weighted by Crippen LogP contribution is -2.29. The topological polar surface area (TPSA) is 66.4 Å². The van der Waals surface area contributed by atoms with Crippen molar-refractivity contribution >= 4 is 27.8 Å². The second-order valence-electron chi connectivity index (χ2n) is 3.26. The van der Waals surface area contributed by atoms with Crippen molar-refractivity contribution in [3.05, 3.63) is 34.3 Å². The first kappa shape index (κ1) is 12.7. The van der Waals surface area contributed by atoms with Crippen molar-refractivity contribution in [1.82, 2.24) is 5.32 Å². The van der Waals surface area contributed by atoms with Gasteiger partial charge in [0.1, 0.15) is 6.54 Å². The van der Waals surface area contributed by atoms with Crippen LogP contribution in [-0.4, -0.2) is 23.5 Å². The van der Waals surface area contributed by atoms with Gasteiger partial charge in [0.15, 0.2) is 0 Å². The highest BCUT2D eigenvalue weighted by Gasteiger charge is 2.05. The fourth-order valence-electron chi connectivity index (χ4n) is 1.21. The van der Waals surface area contributed by atoms with E-state index in [0.29, 0.717) is 6.42 Å². The lowest BCUT2D eigenvalue weighted by molar-refractivity contribution is -0.137. The van der Waals surface area contributed by atoms with E-state index in [2.05, 4.69) is 21.2 Å². The Morgan fingerprint density at radius 2 is 2.00 bits per heavy atom. The van der Waals surface area contributed by atoms with Gasteiger partial charge in [0.05, 0.1) is 0 Å². The summed E-state index contributed by atoms with van der Waals surface area (Å²) in [6, 6.07) is 7.63. The van der Waals surface area contributed by atoms with Crippen molar-refractivity contribution in [1.29, 1.82) is 0 Å². The molecule has 0 unspecified atom stereocenters. The highest BCUT2D eigenvalue weighted by atomic mass is 79.9. The Kier molecular flexibility index (Phi) is 4.98. The van der Waals surface area contributed by atoms with E-state index in [9.17, 15) is 9.59 Å². The van der Waals surface area contributed by atoms with Crippen molar-refractivity contribution < 1.29 is 14.7 Å². The number of carboxylic acids is 1. The van der Waals surface area contributed by atoms with Gasteiger partial charge < -0.3 is 10.4 Å². The van der Waals surface area contributed by atoms with E-state index < -0.39 is 5.97 Å². The molecule has 2 N–H and O–H groups in total. The number of hydrogen-bond donors (Lipinski definition) is 2. The van der Waals surface area contributed by atoms with Crippen molar-refractivity contribution in [2.45, 2.75) is 12.8 Å². The third kappa shape index (κ3) is 4.44. The van der Waals surface area contributed by atoms with Gasteiger partial charge in [0.2, 0.25) is 5.91 Å². The molecular weight excluding hydrogens is 274 g/mol. The molecule has 1 rings (SSSR count). The number of aliphatic carboxylic acids is 1. The maximum atomic E-state index is 11.2. The summed E-state index contributed by atoms with van der Waals surface area (Å²) in [5.74, 6) is -1.28. The summed E-state index contributed by atoms with van der Waals surface area (Å²) in [7, 11) is 0. The molecule has 1 aromatic carbocycles. The van der Waals surface area contributed by atoms with Gasteiger partial charge in [-0.3, -0.25) is 9.59 Å². The zero-order valence-electron chi connectivity index (χ0n) is 8.57. The summed E-state index contributed by atoms with van der Waals surface area (Å²) >= 11 is 3.38. The summed E-state index contributed by atoms with van der Waals surface area (Å²) < 4.78 is 0.959. The number of hydrogen-bond acceptors (Lipinski definition) is 2. The first-order chi connectivity index (χ1) is 7.59. The minimum Gasteiger partial charge on any atom is -0.480 e. The maximum Gasteiger partial charge on any atom is 0.322 e. The predicted octanol–water partition coefficient (Wildman–Crippen LogP) is 1.58. The second kappa shape index (κ2) is 6.27. The Hall–Kier alpha value is -1.36. The Morgan fingerprint density at radius 1 is 1.31 bits per heavy atom. The Morgan fingerprint density at radius 3 is 2.62 bits per heavy atom. The van der Waals surface area contributed by atoms with Gasteiger partial charge in [0, 0.05) is 10.9 Å². The van der Waals surface area contributed by atoms with Gasteiger partial charge in [-0.2, -0.15) is 0 Å². The number of benzene rings is 1. The van der Waals surface area contributed by atoms with Gasteiger partial charge in [-0.15, -0.1) is 0 Å². The minimum absolute atomic E-state index is 0.252. The van der Waals surface area contributed by atoms with E-state index in [4.69, 9.17) is 5.11 Å². The van der Waals surface area contributed by atoms with Crippen LogP contribution >= 0.6 is 15.9 Å². The number of carbonyl (C=O) groups is 2. The van der Waals surface area contributed by atoms with E-state index in [1.807, 2.05) is 24.3 Å². The number of carbonyl (C=O) groups excluding carboxylic acids is 1. The highest BCUT2D eigenvalue weighted by molar-refractivity contribution is 9.10. The fraction of sp³-hybridized carbons (Fsp3) is 0.273. The number of halogens is 1. The standard InChI is InChI=1S/C11H12BrNO3/c12-9-4-2-1-3-8(9)5-6-10(14)13-7-11(15)16/h1-4H,5-7H2,(H,13,14)(H,15,16). The summed E-state index contributed by atoms with van der Waals surface area (Å²) in [4.78, 5) is 21.5. The third-order valence-corrected chi connectivity index (χ3v) is 2.79. The van der Waals surface area contributed by atoms with Crippen molar-refractivity contribution in [3.8, 4) is 0 Å². The molecule has 86 valence electrons. The van der Waals surface area contributed by atoms with E-state index in [1.54, 1.807) is 0 Å². The van der Waals surface area contributed by atoms with Gasteiger partial charge in [-0.1, -0.05) is 34.1 Å². The van der Waals surface area contributed by atoms with Crippen LogP contribution in [0.5, 0.6) is 0 Å². The molecule has 0 heterocycles. The monoisotopic (exact) mass is 285 g/mol. The summed E-state index contributed by atoms with van der Waals surface area (Å²) in [5, 5.41) is 10.7. The normalized spacial score (nSPS) is 9.81. The summed E-state index contributed by atoms with van der Waals surface area (Å²) in [6.45, 7) is -0.325. The second-order valence-corrected chi connectivity index (χ2v) is 4.12. The van der Waals surface area contributed by atoms with Crippen LogP contribution < -0.4 is 5.32 Å². The van der Waals surface area contributed by atoms with Crippen LogP contribution in [0.2, 0.25) is 0 Å². The average Bonchev–Trinajstić information content (AvgIpc) is 2.25. The molecule has 0 aromatic heterocycles. The number of aryl methyl sites for hydroxylation is 1. The lowest BCUT2D eigenvalue weighted by atomic mass is 10.1. The van der Waals surface area contributed by atoms with Crippen LogP contribution in [0.15, 0.2) is 28.7 Å². The Labute approximate surface area is 102 Å². The molecule has 1 amide bonds. The molecule has 0 spiro atoms. The molecule has 0 aliphatic heterocycles. The largest absolute Gasteiger partial charge is 0.480 e. The van der Waals surface area contributed by atoms with Crippen LogP contribution in [0, 0.1) is 0 Å². The molecular formula is C11H12BrNO3. The molecule has 1 aromatic rings. The first-order valence-corrected chi connectivity index (χ1v) is 5.61. The number of rotatable bonds is 5. The van der Waals surface area contributed by atoms with Crippen LogP contribution in [-0.2, 0) is 16.0 Å². The van der Waals surface area contributed by atoms with Crippen LogP contribution in [0.3, 0.4) is 0 Å². The fourth-order valence-corrected chi connectivity index (χ4v) is 1.69. The average molecular weight is 286 g/mol. The summed E-state index contributed by atoms with van der Waals surface area (Å²) in [6.07, 6.45) is 0.878. The lowest BCUT2D eigenvalue weighted by Gasteiger charge is -2.04. The zero-order valence-corrected chi connectivity index (χ0v) is 10.2. The van der Waals surface area contributed by atoms with Gasteiger partial charge >= 0.3 is 5.97 Å². The van der Waals surface area contributed by atoms with Crippen LogP contribution in [0.25, 0.3) is 0 Å². The zero-order chi connectivity index (χ0) is 12.0. The van der Waals surface area contributed by atoms with Gasteiger partial charge in [-0.25, -0.2) is 0 Å². The van der Waals surface area contributed by atoms with Gasteiger partial charge in [-0.05, 0) is 18.1 Å². The van der Waals surface area contributed by atoms with Crippen LogP contribution in [0.4, 0.5) is 0 Å². The quantitative estimate of drug-likeness (QED) is 0.863. The Balaban J connectivity index is 2.37. The van der Waals surface area contributed by atoms with Gasteiger partial charge in [0.25, 0.3) is 0 Å². The smallest absolute Gasteiger partial charge is 0.322 e. The molecule has 0 fully saturated rings. The van der Waals surface area contributed by atoms with Crippen molar-refractivity contribution in [2.24, 2.45) is 0 Å². The molecule has 0 saturated carbocycles. The van der Waals surface area contributed by atoms with E-state index >= 15 is 0 Å². The molecule has 0 bridgehead atoms. The maximum absolute atomic E-state index is 11.2. The van der Waals surface area contributed by atoms with E-state index in [0.717, 1.165) is 10.0 Å². The molecule has 0 aliphatic rings. The number of nitrogens with one attached hydrogen (secondary N) is 1. The number of amides is 1. The predicted molar refractivity (Wildman–Crippen MR) is 63.1 cm³/mol. The van der Waals surface area contributed by atoms with E-state index in [-0.39, 0.29) is 18.9 Å². The van der Waals surface area contributed by atoms with Crippen molar-refractivity contribution in [2.75, 3.05) is 6.54 Å². The highest BCUT2D eigenvalue weighted by Crippen LogP contribution is 2.17. The number of carboxylic acid groups (broad SMARTS) is 1. The first-order valence-electron chi connectivity index (χ1n) is 4.81. The third-order valence-electron chi connectivity index (χ3n) is 2.02. The van der Waals surface area contributed by atoms with E-state index in [1.165, 1.54) is 0 Å². The molecule has 0 radical (unpaired) electrons. The Bertz CT molecular complexity index is 393. The molecule has 16 heavy (non-hydrogen) atoms.